The Bertz CT molecular complexity index is 1090. The molecule has 0 aliphatic carbocycles. The Morgan fingerprint density at radius 2 is 1.94 bits per heavy atom. The Morgan fingerprint density at radius 1 is 1.24 bits per heavy atom. The topological polar surface area (TPSA) is 103 Å². The van der Waals surface area contributed by atoms with Crippen LogP contribution in [0.25, 0.3) is 11.3 Å². The number of rotatable bonds is 7. The lowest BCUT2D eigenvalue weighted by Gasteiger charge is -2.40. The molecule has 4 rings (SSSR count). The molecular formula is C23H32N4O5S. The van der Waals surface area contributed by atoms with E-state index in [1.165, 1.54) is 0 Å². The highest BCUT2D eigenvalue weighted by atomic mass is 32.2. The quantitative estimate of drug-likeness (QED) is 0.650. The summed E-state index contributed by atoms with van der Waals surface area (Å²) in [6.45, 7) is 7.71. The van der Waals surface area contributed by atoms with E-state index in [2.05, 4.69) is 29.2 Å². The molecule has 0 radical (unpaired) electrons. The molecule has 9 nitrogen and oxygen atoms in total. The molecule has 0 saturated carbocycles. The van der Waals surface area contributed by atoms with Crippen LogP contribution in [0.1, 0.15) is 36.8 Å². The average Bonchev–Trinajstić information content (AvgIpc) is 3.41. The second kappa shape index (κ2) is 9.44. The van der Waals surface area contributed by atoms with E-state index < -0.39 is 9.84 Å². The lowest BCUT2D eigenvalue weighted by molar-refractivity contribution is -0.00924. The lowest BCUT2D eigenvalue weighted by Crippen LogP contribution is -2.55. The van der Waals surface area contributed by atoms with Crippen LogP contribution in [-0.4, -0.2) is 86.0 Å². The van der Waals surface area contributed by atoms with Gasteiger partial charge in [0.1, 0.15) is 5.75 Å². The first-order chi connectivity index (χ1) is 15.7. The van der Waals surface area contributed by atoms with Crippen molar-refractivity contribution in [2.75, 3.05) is 51.5 Å². The van der Waals surface area contributed by atoms with Crippen molar-refractivity contribution in [3.8, 4) is 17.0 Å². The highest BCUT2D eigenvalue weighted by Gasteiger charge is 2.33. The van der Waals surface area contributed by atoms with Gasteiger partial charge in [0, 0.05) is 30.7 Å². The predicted molar refractivity (Wildman–Crippen MR) is 125 cm³/mol. The first-order valence-electron chi connectivity index (χ1n) is 11.2. The fourth-order valence-electron chi connectivity index (χ4n) is 4.40. The number of carbonyl (C=O) groups is 1. The molecule has 180 valence electrons. The van der Waals surface area contributed by atoms with Crippen molar-refractivity contribution in [3.05, 3.63) is 36.0 Å². The molecule has 33 heavy (non-hydrogen) atoms. The minimum Gasteiger partial charge on any atom is -0.497 e. The van der Waals surface area contributed by atoms with Crippen LogP contribution in [0.15, 0.2) is 30.3 Å². The Hall–Kier alpha value is -2.43. The lowest BCUT2D eigenvalue weighted by atomic mass is 10.0. The molecule has 2 saturated heterocycles. The van der Waals surface area contributed by atoms with Gasteiger partial charge in [-0.15, -0.1) is 0 Å². The molecule has 2 aromatic rings. The van der Waals surface area contributed by atoms with E-state index in [0.29, 0.717) is 26.2 Å². The largest absolute Gasteiger partial charge is 0.497 e. The molecule has 1 atom stereocenters. The molecule has 0 spiro atoms. The molecule has 1 amide bonds. The average molecular weight is 477 g/mol. The summed E-state index contributed by atoms with van der Waals surface area (Å²) in [5.41, 5.74) is 1.63. The van der Waals surface area contributed by atoms with E-state index in [9.17, 15) is 13.2 Å². The summed E-state index contributed by atoms with van der Waals surface area (Å²) in [6.07, 6.45) is 0.484. The number of hydrogen-bond acceptors (Lipinski definition) is 7. The highest BCUT2D eigenvalue weighted by Crippen LogP contribution is 2.31. The summed E-state index contributed by atoms with van der Waals surface area (Å²) in [5.74, 6) is 0.611. The van der Waals surface area contributed by atoms with Crippen LogP contribution in [-0.2, 0) is 14.6 Å². The molecule has 1 aromatic carbocycles. The number of sulfone groups is 1. The van der Waals surface area contributed by atoms with Gasteiger partial charge in [-0.1, -0.05) is 0 Å². The molecule has 0 unspecified atom stereocenters. The zero-order chi connectivity index (χ0) is 23.6. The highest BCUT2D eigenvalue weighted by molar-refractivity contribution is 7.91. The number of methoxy groups -OCH3 is 1. The zero-order valence-electron chi connectivity index (χ0n) is 19.4. The monoisotopic (exact) mass is 476 g/mol. The Labute approximate surface area is 195 Å². The van der Waals surface area contributed by atoms with E-state index >= 15 is 0 Å². The number of carbonyl (C=O) groups excluding carboxylic acids is 1. The van der Waals surface area contributed by atoms with Gasteiger partial charge in [0.2, 0.25) is 0 Å². The van der Waals surface area contributed by atoms with Crippen molar-refractivity contribution in [2.45, 2.75) is 31.8 Å². The SMILES string of the molecule is COc1ccc(-c2cc(C(=O)NCC(C)(C)N3CCOCC3)nn2[C@@H]2CCS(=O)(=O)C2)cc1. The van der Waals surface area contributed by atoms with Crippen LogP contribution in [0.3, 0.4) is 0 Å². The summed E-state index contributed by atoms with van der Waals surface area (Å²) in [7, 11) is -1.50. The predicted octanol–water partition coefficient (Wildman–Crippen LogP) is 1.76. The minimum absolute atomic E-state index is 0.0307. The number of aromatic nitrogens is 2. The van der Waals surface area contributed by atoms with E-state index in [0.717, 1.165) is 30.1 Å². The van der Waals surface area contributed by atoms with E-state index in [1.54, 1.807) is 17.9 Å². The number of nitrogens with one attached hydrogen (secondary N) is 1. The van der Waals surface area contributed by atoms with Gasteiger partial charge in [-0.05, 0) is 50.6 Å². The molecule has 1 aromatic heterocycles. The molecule has 2 aliphatic rings. The summed E-state index contributed by atoms with van der Waals surface area (Å²) in [6, 6.07) is 8.89. The van der Waals surface area contributed by atoms with Crippen LogP contribution in [0.2, 0.25) is 0 Å². The standard InChI is InChI=1S/C23H32N4O5S/c1-23(2,26-9-11-32-12-10-26)16-24-22(28)20-14-21(17-4-6-19(31-3)7-5-17)27(25-20)18-8-13-33(29,30)15-18/h4-7,14,18H,8-13,15-16H2,1-3H3,(H,24,28)/t18-/m1/s1. The maximum Gasteiger partial charge on any atom is 0.271 e. The van der Waals surface area contributed by atoms with Gasteiger partial charge >= 0.3 is 0 Å². The van der Waals surface area contributed by atoms with Crippen molar-refractivity contribution >= 4 is 15.7 Å². The molecule has 0 bridgehead atoms. The second-order valence-electron chi connectivity index (χ2n) is 9.24. The van der Waals surface area contributed by atoms with Gasteiger partial charge in [0.05, 0.1) is 43.6 Å². The maximum absolute atomic E-state index is 13.0. The Balaban J connectivity index is 1.56. The Kier molecular flexibility index (Phi) is 6.78. The van der Waals surface area contributed by atoms with Gasteiger partial charge in [-0.3, -0.25) is 14.4 Å². The first-order valence-corrected chi connectivity index (χ1v) is 13.1. The summed E-state index contributed by atoms with van der Waals surface area (Å²) < 4.78 is 36.6. The number of ether oxygens (including phenoxy) is 2. The fourth-order valence-corrected chi connectivity index (χ4v) is 6.09. The summed E-state index contributed by atoms with van der Waals surface area (Å²) in [5, 5.41) is 7.58. The molecule has 3 heterocycles. The van der Waals surface area contributed by atoms with Crippen LogP contribution < -0.4 is 10.1 Å². The van der Waals surface area contributed by atoms with Crippen molar-refractivity contribution < 1.29 is 22.7 Å². The fraction of sp³-hybridized carbons (Fsp3) is 0.565. The van der Waals surface area contributed by atoms with Crippen LogP contribution in [0.4, 0.5) is 0 Å². The van der Waals surface area contributed by atoms with Crippen molar-refractivity contribution in [1.82, 2.24) is 20.0 Å². The molecule has 2 fully saturated rings. The minimum atomic E-state index is -3.10. The summed E-state index contributed by atoms with van der Waals surface area (Å²) >= 11 is 0. The maximum atomic E-state index is 13.0. The number of nitrogens with zero attached hydrogens (tertiary/aromatic N) is 3. The van der Waals surface area contributed by atoms with E-state index in [1.807, 2.05) is 24.3 Å². The van der Waals surface area contributed by atoms with Crippen molar-refractivity contribution in [2.24, 2.45) is 0 Å². The van der Waals surface area contributed by atoms with E-state index in [4.69, 9.17) is 9.47 Å². The van der Waals surface area contributed by atoms with Gasteiger partial charge < -0.3 is 14.8 Å². The van der Waals surface area contributed by atoms with Crippen molar-refractivity contribution in [3.63, 3.8) is 0 Å². The number of morpholine rings is 1. The molecule has 2 aliphatic heterocycles. The molecular weight excluding hydrogens is 444 g/mol. The van der Waals surface area contributed by atoms with Crippen LogP contribution >= 0.6 is 0 Å². The second-order valence-corrected chi connectivity index (χ2v) is 11.5. The third kappa shape index (κ3) is 5.39. The summed E-state index contributed by atoms with van der Waals surface area (Å²) in [4.78, 5) is 15.4. The normalized spacial score (nSPS) is 21.1. The number of amides is 1. The third-order valence-corrected chi connectivity index (χ3v) is 8.21. The van der Waals surface area contributed by atoms with Gasteiger partial charge in [0.15, 0.2) is 15.5 Å². The number of hydrogen-bond donors (Lipinski definition) is 1. The van der Waals surface area contributed by atoms with Gasteiger partial charge in [-0.2, -0.15) is 5.10 Å². The third-order valence-electron chi connectivity index (χ3n) is 6.46. The van der Waals surface area contributed by atoms with Gasteiger partial charge in [0.25, 0.3) is 5.91 Å². The Morgan fingerprint density at radius 3 is 2.55 bits per heavy atom. The van der Waals surface area contributed by atoms with Crippen molar-refractivity contribution in [1.29, 1.82) is 0 Å². The molecule has 1 N–H and O–H groups in total. The number of benzene rings is 1. The first kappa shape index (κ1) is 23.7. The molecule has 10 heteroatoms. The zero-order valence-corrected chi connectivity index (χ0v) is 20.2. The smallest absolute Gasteiger partial charge is 0.271 e. The van der Waals surface area contributed by atoms with Crippen LogP contribution in [0.5, 0.6) is 5.75 Å². The van der Waals surface area contributed by atoms with E-state index in [-0.39, 0.29) is 34.7 Å². The van der Waals surface area contributed by atoms with Gasteiger partial charge in [-0.25, -0.2) is 8.42 Å². The van der Waals surface area contributed by atoms with Crippen LogP contribution in [0, 0.1) is 0 Å².